The Morgan fingerprint density at radius 3 is 2.24 bits per heavy atom. The normalized spacial score (nSPS) is 20.1. The maximum Gasteiger partial charge on any atom is 0.418 e. The molecule has 0 spiro atoms. The highest BCUT2D eigenvalue weighted by molar-refractivity contribution is 5.98. The molecule has 7 nitrogen and oxygen atoms in total. The molecular formula is C34H35F9N4O3. The summed E-state index contributed by atoms with van der Waals surface area (Å²) >= 11 is 0. The Morgan fingerprint density at radius 1 is 0.980 bits per heavy atom. The fourth-order valence-electron chi connectivity index (χ4n) is 7.03. The number of rotatable bonds is 8. The number of aliphatic carboxylic acids is 1. The number of piperidine rings is 2. The van der Waals surface area contributed by atoms with Crippen molar-refractivity contribution in [2.75, 3.05) is 39.8 Å². The molecule has 2 fully saturated rings. The lowest BCUT2D eigenvalue weighted by atomic mass is 9.76. The Balaban J connectivity index is 1.45. The number of carboxylic acids is 1. The molecule has 1 unspecified atom stereocenters. The van der Waals surface area contributed by atoms with Crippen molar-refractivity contribution in [3.8, 4) is 11.3 Å². The molecule has 2 N–H and O–H groups in total. The summed E-state index contributed by atoms with van der Waals surface area (Å²) < 4.78 is 125. The molecule has 16 heteroatoms. The predicted octanol–water partition coefficient (Wildman–Crippen LogP) is 7.05. The number of nitrogens with zero attached hydrogens (tertiary/aromatic N) is 3. The second-order valence-corrected chi connectivity index (χ2v) is 13.1. The van der Waals surface area contributed by atoms with Crippen LogP contribution < -0.4 is 5.32 Å². The van der Waals surface area contributed by atoms with Gasteiger partial charge >= 0.3 is 24.5 Å². The van der Waals surface area contributed by atoms with Crippen LogP contribution >= 0.6 is 0 Å². The number of fused-ring (bicyclic) bond motifs is 1. The molecule has 5 rings (SSSR count). The van der Waals surface area contributed by atoms with Gasteiger partial charge < -0.3 is 15.3 Å². The number of alkyl halides is 9. The summed E-state index contributed by atoms with van der Waals surface area (Å²) in [4.78, 5) is 32.5. The molecule has 0 saturated carbocycles. The predicted molar refractivity (Wildman–Crippen MR) is 165 cm³/mol. The molecule has 50 heavy (non-hydrogen) atoms. The SMILES string of the molecule is CN1CCCC(c2cnc(-c3cccc4c(C[C@H](NC(=O)C5(C(F)(F)F)CCN(CC(F)(F)F)CC5)C(=O)O)cccc34)c(C(F)(F)F)c2)C1. The minimum Gasteiger partial charge on any atom is -0.480 e. The Labute approximate surface area is 281 Å². The Bertz CT molecular complexity index is 1720. The van der Waals surface area contributed by atoms with Gasteiger partial charge in [0.15, 0.2) is 0 Å². The van der Waals surface area contributed by atoms with Gasteiger partial charge in [-0.15, -0.1) is 0 Å². The fraction of sp³-hybridized carbons (Fsp3) is 0.500. The molecule has 2 aliphatic rings. The van der Waals surface area contributed by atoms with Gasteiger partial charge in [-0.3, -0.25) is 14.7 Å². The van der Waals surface area contributed by atoms with Crippen LogP contribution in [0.2, 0.25) is 0 Å². The lowest BCUT2D eigenvalue weighted by Crippen LogP contribution is -2.59. The second kappa shape index (κ2) is 14.0. The minimum atomic E-state index is -5.19. The fourth-order valence-corrected chi connectivity index (χ4v) is 7.03. The number of likely N-dealkylation sites (tertiary alicyclic amines) is 2. The van der Waals surface area contributed by atoms with E-state index in [0.717, 1.165) is 23.9 Å². The van der Waals surface area contributed by atoms with Gasteiger partial charge in [0, 0.05) is 24.7 Å². The van der Waals surface area contributed by atoms with Crippen LogP contribution in [0, 0.1) is 5.41 Å². The molecule has 0 aliphatic carbocycles. The maximum atomic E-state index is 14.5. The van der Waals surface area contributed by atoms with E-state index < -0.39 is 86.3 Å². The van der Waals surface area contributed by atoms with E-state index in [0.29, 0.717) is 23.9 Å². The van der Waals surface area contributed by atoms with Crippen molar-refractivity contribution < 1.29 is 54.2 Å². The van der Waals surface area contributed by atoms with Crippen molar-refractivity contribution in [2.24, 2.45) is 5.41 Å². The number of benzene rings is 2. The lowest BCUT2D eigenvalue weighted by Gasteiger charge is -2.42. The number of hydrogen-bond donors (Lipinski definition) is 2. The number of likely N-dealkylation sites (N-methyl/N-ethyl adjacent to an activating group) is 1. The van der Waals surface area contributed by atoms with Gasteiger partial charge in [-0.05, 0) is 86.2 Å². The zero-order chi connectivity index (χ0) is 36.6. The number of aromatic nitrogens is 1. The van der Waals surface area contributed by atoms with Crippen LogP contribution in [0.5, 0.6) is 0 Å². The molecule has 1 amide bonds. The molecule has 2 saturated heterocycles. The molecule has 1 aromatic heterocycles. The van der Waals surface area contributed by atoms with E-state index in [9.17, 15) is 54.2 Å². The quantitative estimate of drug-likeness (QED) is 0.243. The van der Waals surface area contributed by atoms with E-state index in [-0.39, 0.29) is 28.1 Å². The van der Waals surface area contributed by atoms with E-state index in [1.54, 1.807) is 0 Å². The third-order valence-corrected chi connectivity index (χ3v) is 9.69. The highest BCUT2D eigenvalue weighted by atomic mass is 19.4. The van der Waals surface area contributed by atoms with Crippen molar-refractivity contribution >= 4 is 22.6 Å². The Hall–Kier alpha value is -3.92. The average molecular weight is 719 g/mol. The summed E-state index contributed by atoms with van der Waals surface area (Å²) in [6, 6.07) is 8.03. The number of pyridine rings is 1. The molecule has 0 bridgehead atoms. The number of amides is 1. The van der Waals surface area contributed by atoms with Gasteiger partial charge in [0.25, 0.3) is 0 Å². The molecule has 0 radical (unpaired) electrons. The molecule has 3 aromatic rings. The summed E-state index contributed by atoms with van der Waals surface area (Å²) in [7, 11) is 1.90. The third-order valence-electron chi connectivity index (χ3n) is 9.69. The van der Waals surface area contributed by atoms with E-state index in [4.69, 9.17) is 0 Å². The molecule has 2 aromatic carbocycles. The zero-order valence-electron chi connectivity index (χ0n) is 26.9. The average Bonchev–Trinajstić information content (AvgIpc) is 3.02. The molecule has 272 valence electrons. The number of nitrogens with one attached hydrogen (secondary N) is 1. The van der Waals surface area contributed by atoms with E-state index in [2.05, 4.69) is 4.98 Å². The van der Waals surface area contributed by atoms with Gasteiger partial charge in [-0.1, -0.05) is 36.4 Å². The zero-order valence-corrected chi connectivity index (χ0v) is 26.9. The first kappa shape index (κ1) is 37.3. The summed E-state index contributed by atoms with van der Waals surface area (Å²) in [6.45, 7) is -1.42. The van der Waals surface area contributed by atoms with Crippen LogP contribution in [-0.4, -0.2) is 89.9 Å². The monoisotopic (exact) mass is 718 g/mol. The Kier molecular flexibility index (Phi) is 10.5. The third kappa shape index (κ3) is 8.01. The van der Waals surface area contributed by atoms with Gasteiger partial charge in [-0.2, -0.15) is 39.5 Å². The van der Waals surface area contributed by atoms with Crippen LogP contribution in [0.25, 0.3) is 22.0 Å². The number of hydrogen-bond acceptors (Lipinski definition) is 5. The smallest absolute Gasteiger partial charge is 0.418 e. The number of carboxylic acid groups (broad SMARTS) is 1. The van der Waals surface area contributed by atoms with Crippen molar-refractivity contribution in [1.82, 2.24) is 20.1 Å². The van der Waals surface area contributed by atoms with E-state index in [1.807, 2.05) is 17.3 Å². The van der Waals surface area contributed by atoms with Gasteiger partial charge in [0.2, 0.25) is 5.91 Å². The highest BCUT2D eigenvalue weighted by Gasteiger charge is 2.61. The summed E-state index contributed by atoms with van der Waals surface area (Å²) in [5, 5.41) is 12.5. The van der Waals surface area contributed by atoms with Gasteiger partial charge in [-0.25, -0.2) is 4.79 Å². The summed E-state index contributed by atoms with van der Waals surface area (Å²) in [6.07, 6.45) is -14.2. The van der Waals surface area contributed by atoms with E-state index >= 15 is 0 Å². The number of halogens is 9. The first-order valence-electron chi connectivity index (χ1n) is 16.0. The van der Waals surface area contributed by atoms with Crippen LogP contribution in [0.15, 0.2) is 48.7 Å². The Morgan fingerprint density at radius 2 is 1.64 bits per heavy atom. The number of carbonyl (C=O) groups is 2. The van der Waals surface area contributed by atoms with Crippen LogP contribution in [0.3, 0.4) is 0 Å². The molecule has 2 aliphatic heterocycles. The van der Waals surface area contributed by atoms with Gasteiger partial charge in [0.1, 0.15) is 11.5 Å². The first-order valence-corrected chi connectivity index (χ1v) is 16.0. The molecule has 3 heterocycles. The molecule has 2 atom stereocenters. The van der Waals surface area contributed by atoms with Crippen molar-refractivity contribution in [2.45, 2.75) is 62.6 Å². The standard InChI is InChI=1S/C34H35F9N4O3/c1-46-12-4-6-21(18-46)22-15-26(33(38,39)40)28(44-17-22)25-9-3-7-23-20(5-2-8-24(23)25)16-27(29(48)49)45-30(50)31(34(41,42)43)10-13-47(14-11-31)19-32(35,36)37/h2-3,5,7-9,15,17,21,27H,4,6,10-14,16,18-19H2,1H3,(H,45,50)(H,48,49)/t21?,27-/m0/s1. The summed E-state index contributed by atoms with van der Waals surface area (Å²) in [5.74, 6) is -3.49. The maximum absolute atomic E-state index is 14.5. The van der Waals surface area contributed by atoms with Crippen molar-refractivity contribution in [3.63, 3.8) is 0 Å². The largest absolute Gasteiger partial charge is 0.480 e. The second-order valence-electron chi connectivity index (χ2n) is 13.1. The lowest BCUT2D eigenvalue weighted by molar-refractivity contribution is -0.236. The topological polar surface area (TPSA) is 85.8 Å². The van der Waals surface area contributed by atoms with Gasteiger partial charge in [0.05, 0.1) is 17.8 Å². The van der Waals surface area contributed by atoms with E-state index in [1.165, 1.54) is 42.6 Å². The number of carbonyl (C=O) groups excluding carboxylic acids is 1. The highest BCUT2D eigenvalue weighted by Crippen LogP contribution is 2.47. The van der Waals surface area contributed by atoms with Crippen LogP contribution in [0.4, 0.5) is 39.5 Å². The molecular weight excluding hydrogens is 683 g/mol. The first-order chi connectivity index (χ1) is 23.3. The van der Waals surface area contributed by atoms with Crippen LogP contribution in [0.1, 0.15) is 48.3 Å². The van der Waals surface area contributed by atoms with Crippen LogP contribution in [-0.2, 0) is 22.2 Å². The summed E-state index contributed by atoms with van der Waals surface area (Å²) in [5.41, 5.74) is -3.64. The minimum absolute atomic E-state index is 0.0986. The van der Waals surface area contributed by atoms with Crippen molar-refractivity contribution in [3.05, 3.63) is 65.4 Å². The van der Waals surface area contributed by atoms with Crippen molar-refractivity contribution in [1.29, 1.82) is 0 Å².